The van der Waals surface area contributed by atoms with Crippen LogP contribution in [0.25, 0.3) is 10.9 Å². The molecule has 0 aliphatic heterocycles. The molecule has 0 amide bonds. The number of hydrogen-bond acceptors (Lipinski definition) is 3. The molecule has 4 nitrogen and oxygen atoms in total. The highest BCUT2D eigenvalue weighted by atomic mass is 35.5. The average Bonchev–Trinajstić information content (AvgIpc) is 2.36. The minimum Gasteiger partial charge on any atom is -0.258 e. The van der Waals surface area contributed by atoms with Crippen molar-refractivity contribution in [3.05, 3.63) is 46.1 Å². The summed E-state index contributed by atoms with van der Waals surface area (Å²) in [4.78, 5) is 14.8. The molecule has 18 heavy (non-hydrogen) atoms. The second-order valence-electron chi connectivity index (χ2n) is 4.34. The van der Waals surface area contributed by atoms with Gasteiger partial charge in [0.2, 0.25) is 0 Å². The lowest BCUT2D eigenvalue weighted by molar-refractivity contribution is -0.384. The minimum absolute atomic E-state index is 0.00648. The molecule has 0 spiro atoms. The van der Waals surface area contributed by atoms with Gasteiger partial charge in [0.15, 0.2) is 0 Å². The molecule has 2 atom stereocenters. The summed E-state index contributed by atoms with van der Waals surface area (Å²) in [6, 6.07) is 8.38. The SMILES string of the molecule is CC(Cl)C(C)c1ccc2cc([N+](=O)[O-])ccc2n1. The minimum atomic E-state index is -0.406. The fourth-order valence-corrected chi connectivity index (χ4v) is 1.86. The first kappa shape index (κ1) is 12.8. The second-order valence-corrected chi connectivity index (χ2v) is 5.02. The number of fused-ring (bicyclic) bond motifs is 1. The van der Waals surface area contributed by atoms with Gasteiger partial charge in [0.25, 0.3) is 5.69 Å². The van der Waals surface area contributed by atoms with Crippen molar-refractivity contribution >= 4 is 28.2 Å². The van der Waals surface area contributed by atoms with Crippen LogP contribution in [0.4, 0.5) is 5.69 Å². The number of nitrogens with zero attached hydrogens (tertiary/aromatic N) is 2. The summed E-state index contributed by atoms with van der Waals surface area (Å²) in [5.41, 5.74) is 1.73. The summed E-state index contributed by atoms with van der Waals surface area (Å²) in [7, 11) is 0. The molecule has 2 unspecified atom stereocenters. The van der Waals surface area contributed by atoms with Crippen LogP contribution in [0.2, 0.25) is 0 Å². The molecular weight excluding hydrogens is 252 g/mol. The Morgan fingerprint density at radius 2 is 2.00 bits per heavy atom. The first-order valence-corrected chi connectivity index (χ1v) is 6.12. The van der Waals surface area contributed by atoms with Crippen LogP contribution in [0.15, 0.2) is 30.3 Å². The monoisotopic (exact) mass is 264 g/mol. The topological polar surface area (TPSA) is 56.0 Å². The number of nitro benzene ring substituents is 1. The average molecular weight is 265 g/mol. The van der Waals surface area contributed by atoms with Crippen molar-refractivity contribution in [2.24, 2.45) is 0 Å². The van der Waals surface area contributed by atoms with Gasteiger partial charge in [0.05, 0.1) is 10.4 Å². The predicted molar refractivity (Wildman–Crippen MR) is 72.1 cm³/mol. The van der Waals surface area contributed by atoms with Crippen molar-refractivity contribution in [3.8, 4) is 0 Å². The highest BCUT2D eigenvalue weighted by molar-refractivity contribution is 6.20. The Labute approximate surface area is 110 Å². The van der Waals surface area contributed by atoms with Crippen molar-refractivity contribution < 1.29 is 4.92 Å². The molecule has 0 bridgehead atoms. The summed E-state index contributed by atoms with van der Waals surface area (Å²) >= 11 is 6.05. The molecule has 0 aliphatic rings. The molecule has 5 heteroatoms. The van der Waals surface area contributed by atoms with Gasteiger partial charge in [-0.1, -0.05) is 13.0 Å². The lowest BCUT2D eigenvalue weighted by Gasteiger charge is -2.13. The molecule has 1 aromatic carbocycles. The molecule has 0 N–H and O–H groups in total. The van der Waals surface area contributed by atoms with Crippen LogP contribution in [0.3, 0.4) is 0 Å². The van der Waals surface area contributed by atoms with E-state index in [-0.39, 0.29) is 17.0 Å². The Bertz CT molecular complexity index is 599. The van der Waals surface area contributed by atoms with E-state index in [9.17, 15) is 10.1 Å². The van der Waals surface area contributed by atoms with E-state index in [0.29, 0.717) is 0 Å². The Hall–Kier alpha value is -1.68. The standard InChI is InChI=1S/C13H13ClN2O2/c1-8(9(2)14)12-5-3-10-7-11(16(17)18)4-6-13(10)15-12/h3-9H,1-2H3. The fourth-order valence-electron chi connectivity index (χ4n) is 1.73. The van der Waals surface area contributed by atoms with Crippen LogP contribution >= 0.6 is 11.6 Å². The number of non-ortho nitro benzene ring substituents is 1. The maximum absolute atomic E-state index is 10.7. The number of alkyl halides is 1. The van der Waals surface area contributed by atoms with E-state index in [4.69, 9.17) is 11.6 Å². The van der Waals surface area contributed by atoms with Crippen LogP contribution < -0.4 is 0 Å². The third-order valence-corrected chi connectivity index (χ3v) is 3.44. The van der Waals surface area contributed by atoms with E-state index in [0.717, 1.165) is 16.6 Å². The smallest absolute Gasteiger partial charge is 0.258 e. The molecule has 0 fully saturated rings. The van der Waals surface area contributed by atoms with Gasteiger partial charge in [-0.25, -0.2) is 0 Å². The fraction of sp³-hybridized carbons (Fsp3) is 0.308. The molecule has 1 heterocycles. The molecular formula is C13H13ClN2O2. The van der Waals surface area contributed by atoms with Crippen LogP contribution in [-0.4, -0.2) is 15.3 Å². The predicted octanol–water partition coefficient (Wildman–Crippen LogP) is 3.87. The van der Waals surface area contributed by atoms with Gasteiger partial charge in [-0.05, 0) is 19.1 Å². The Morgan fingerprint density at radius 3 is 2.61 bits per heavy atom. The van der Waals surface area contributed by atoms with Crippen molar-refractivity contribution in [2.75, 3.05) is 0 Å². The molecule has 0 radical (unpaired) electrons. The van der Waals surface area contributed by atoms with Crippen molar-refractivity contribution in [1.82, 2.24) is 4.98 Å². The largest absolute Gasteiger partial charge is 0.270 e. The van der Waals surface area contributed by atoms with E-state index in [1.165, 1.54) is 12.1 Å². The molecule has 0 aliphatic carbocycles. The first-order chi connectivity index (χ1) is 8.49. The van der Waals surface area contributed by atoms with Crippen LogP contribution in [0, 0.1) is 10.1 Å². The van der Waals surface area contributed by atoms with Crippen molar-refractivity contribution in [3.63, 3.8) is 0 Å². The van der Waals surface area contributed by atoms with Crippen molar-refractivity contribution in [1.29, 1.82) is 0 Å². The number of pyridine rings is 1. The number of rotatable bonds is 3. The van der Waals surface area contributed by atoms with Crippen LogP contribution in [-0.2, 0) is 0 Å². The van der Waals surface area contributed by atoms with Crippen molar-refractivity contribution in [2.45, 2.75) is 25.1 Å². The van der Waals surface area contributed by atoms with Gasteiger partial charge in [-0.15, -0.1) is 11.6 Å². The Kier molecular flexibility index (Phi) is 3.48. The molecule has 2 rings (SSSR count). The highest BCUT2D eigenvalue weighted by Gasteiger charge is 2.14. The number of hydrogen-bond donors (Lipinski definition) is 0. The van der Waals surface area contributed by atoms with Crippen LogP contribution in [0.1, 0.15) is 25.5 Å². The Balaban J connectivity index is 2.47. The zero-order valence-electron chi connectivity index (χ0n) is 10.1. The lowest BCUT2D eigenvalue weighted by Crippen LogP contribution is -2.06. The molecule has 1 aromatic heterocycles. The first-order valence-electron chi connectivity index (χ1n) is 5.68. The van der Waals surface area contributed by atoms with Gasteiger partial charge in [-0.2, -0.15) is 0 Å². The third kappa shape index (κ3) is 2.43. The summed E-state index contributed by atoms with van der Waals surface area (Å²) in [6.45, 7) is 3.94. The molecule has 0 saturated carbocycles. The highest BCUT2D eigenvalue weighted by Crippen LogP contribution is 2.25. The maximum Gasteiger partial charge on any atom is 0.270 e. The summed E-state index contributed by atoms with van der Waals surface area (Å²) in [5, 5.41) is 11.4. The zero-order valence-corrected chi connectivity index (χ0v) is 10.9. The van der Waals surface area contributed by atoms with Gasteiger partial charge < -0.3 is 0 Å². The zero-order chi connectivity index (χ0) is 13.3. The molecule has 0 saturated heterocycles. The van der Waals surface area contributed by atoms with Gasteiger partial charge in [0, 0.05) is 34.5 Å². The van der Waals surface area contributed by atoms with E-state index in [1.54, 1.807) is 6.07 Å². The number of aromatic nitrogens is 1. The van der Waals surface area contributed by atoms with E-state index in [2.05, 4.69) is 4.98 Å². The quantitative estimate of drug-likeness (QED) is 0.480. The van der Waals surface area contributed by atoms with E-state index < -0.39 is 4.92 Å². The maximum atomic E-state index is 10.7. The normalized spacial score (nSPS) is 14.4. The number of halogens is 1. The van der Waals surface area contributed by atoms with Crippen LogP contribution in [0.5, 0.6) is 0 Å². The number of benzene rings is 1. The number of nitro groups is 1. The molecule has 2 aromatic rings. The van der Waals surface area contributed by atoms with Gasteiger partial charge in [0.1, 0.15) is 0 Å². The van der Waals surface area contributed by atoms with E-state index >= 15 is 0 Å². The summed E-state index contributed by atoms with van der Waals surface area (Å²) in [5.74, 6) is 0.145. The second kappa shape index (κ2) is 4.90. The van der Waals surface area contributed by atoms with E-state index in [1.807, 2.05) is 26.0 Å². The lowest BCUT2D eigenvalue weighted by atomic mass is 10.0. The summed E-state index contributed by atoms with van der Waals surface area (Å²) < 4.78 is 0. The molecule has 94 valence electrons. The third-order valence-electron chi connectivity index (χ3n) is 3.06. The Morgan fingerprint density at radius 1 is 1.28 bits per heavy atom. The van der Waals surface area contributed by atoms with Gasteiger partial charge in [-0.3, -0.25) is 15.1 Å². The van der Waals surface area contributed by atoms with Gasteiger partial charge >= 0.3 is 0 Å². The summed E-state index contributed by atoms with van der Waals surface area (Å²) in [6.07, 6.45) is 0.